The number of anilines is 1. The molecule has 0 saturated heterocycles. The van der Waals surface area contributed by atoms with Crippen LogP contribution >= 0.6 is 0 Å². The van der Waals surface area contributed by atoms with Gasteiger partial charge in [0.05, 0.1) is 22.7 Å². The normalized spacial score (nSPS) is 10.0. The molecule has 0 aromatic carbocycles. The van der Waals surface area contributed by atoms with Gasteiger partial charge in [0.2, 0.25) is 5.82 Å². The van der Waals surface area contributed by atoms with Crippen molar-refractivity contribution >= 4 is 17.5 Å². The van der Waals surface area contributed by atoms with Gasteiger partial charge in [-0.25, -0.2) is 9.78 Å². The van der Waals surface area contributed by atoms with Gasteiger partial charge in [0.25, 0.3) is 0 Å². The Morgan fingerprint density at radius 3 is 2.80 bits per heavy atom. The molecule has 20 heavy (non-hydrogen) atoms. The van der Waals surface area contributed by atoms with Gasteiger partial charge in [0.15, 0.2) is 0 Å². The zero-order valence-electron chi connectivity index (χ0n) is 10.2. The molecule has 8 nitrogen and oxygen atoms in total. The van der Waals surface area contributed by atoms with Gasteiger partial charge >= 0.3 is 11.7 Å². The molecule has 102 valence electrons. The fourth-order valence-corrected chi connectivity index (χ4v) is 1.52. The number of carbonyl (C=O) groups is 1. The smallest absolute Gasteiger partial charge is 0.337 e. The van der Waals surface area contributed by atoms with E-state index >= 15 is 0 Å². The maximum absolute atomic E-state index is 10.9. The summed E-state index contributed by atoms with van der Waals surface area (Å²) in [5.74, 6) is -1.26. The monoisotopic (exact) mass is 274 g/mol. The van der Waals surface area contributed by atoms with Gasteiger partial charge in [-0.15, -0.1) is 0 Å². The topological polar surface area (TPSA) is 118 Å². The number of nitrogens with zero attached hydrogens (tertiary/aromatic N) is 3. The zero-order valence-corrected chi connectivity index (χ0v) is 10.2. The van der Waals surface area contributed by atoms with Crippen LogP contribution < -0.4 is 5.32 Å². The number of hydrogen-bond donors (Lipinski definition) is 2. The summed E-state index contributed by atoms with van der Waals surface area (Å²) in [7, 11) is 0. The van der Waals surface area contributed by atoms with Gasteiger partial charge in [-0.2, -0.15) is 0 Å². The fraction of sp³-hybridized carbons (Fsp3) is 0.0833. The van der Waals surface area contributed by atoms with E-state index in [-0.39, 0.29) is 23.6 Å². The number of nitro groups is 1. The molecule has 2 aromatic heterocycles. The van der Waals surface area contributed by atoms with Crippen molar-refractivity contribution in [2.24, 2.45) is 0 Å². The van der Waals surface area contributed by atoms with Gasteiger partial charge in [0.1, 0.15) is 0 Å². The van der Waals surface area contributed by atoms with E-state index in [9.17, 15) is 14.9 Å². The summed E-state index contributed by atoms with van der Waals surface area (Å²) in [6.07, 6.45) is 2.67. The molecular formula is C12H10N4O4. The van der Waals surface area contributed by atoms with Crippen molar-refractivity contribution in [1.82, 2.24) is 9.97 Å². The largest absolute Gasteiger partial charge is 0.478 e. The lowest BCUT2D eigenvalue weighted by molar-refractivity contribution is -0.384. The number of pyridine rings is 2. The summed E-state index contributed by atoms with van der Waals surface area (Å²) in [4.78, 5) is 28.9. The fourth-order valence-electron chi connectivity index (χ4n) is 1.52. The summed E-state index contributed by atoms with van der Waals surface area (Å²) < 4.78 is 0. The molecule has 8 heteroatoms. The minimum absolute atomic E-state index is 0.00523. The first kappa shape index (κ1) is 13.4. The minimum Gasteiger partial charge on any atom is -0.478 e. The lowest BCUT2D eigenvalue weighted by Crippen LogP contribution is -2.07. The van der Waals surface area contributed by atoms with Crippen molar-refractivity contribution in [3.8, 4) is 0 Å². The Balaban J connectivity index is 2.23. The Morgan fingerprint density at radius 2 is 2.20 bits per heavy atom. The Labute approximate surface area is 113 Å². The van der Waals surface area contributed by atoms with Crippen molar-refractivity contribution in [1.29, 1.82) is 0 Å². The number of carboxylic acids is 1. The van der Waals surface area contributed by atoms with Crippen molar-refractivity contribution in [2.45, 2.75) is 6.54 Å². The maximum atomic E-state index is 10.9. The van der Waals surface area contributed by atoms with Crippen LogP contribution in [0.1, 0.15) is 16.1 Å². The van der Waals surface area contributed by atoms with Crippen molar-refractivity contribution in [3.63, 3.8) is 0 Å². The number of hydrogen-bond acceptors (Lipinski definition) is 6. The van der Waals surface area contributed by atoms with E-state index < -0.39 is 10.9 Å². The number of aromatic carboxylic acids is 1. The quantitative estimate of drug-likeness (QED) is 0.629. The molecule has 0 fully saturated rings. The van der Waals surface area contributed by atoms with Crippen molar-refractivity contribution in [3.05, 3.63) is 58.0 Å². The summed E-state index contributed by atoms with van der Waals surface area (Å²) in [5.41, 5.74) is 0.0619. The average molecular weight is 274 g/mol. The number of aromatic nitrogens is 2. The summed E-state index contributed by atoms with van der Waals surface area (Å²) in [5, 5.41) is 22.5. The molecule has 0 unspecified atom stereocenters. The third-order valence-electron chi connectivity index (χ3n) is 2.47. The van der Waals surface area contributed by atoms with E-state index in [4.69, 9.17) is 5.11 Å². The summed E-state index contributed by atoms with van der Waals surface area (Å²) >= 11 is 0. The van der Waals surface area contributed by atoms with Gasteiger partial charge < -0.3 is 10.4 Å². The zero-order chi connectivity index (χ0) is 14.5. The predicted molar refractivity (Wildman–Crippen MR) is 69.4 cm³/mol. The summed E-state index contributed by atoms with van der Waals surface area (Å²) in [6, 6.07) is 6.27. The highest BCUT2D eigenvalue weighted by Gasteiger charge is 2.18. The van der Waals surface area contributed by atoms with Crippen LogP contribution in [0, 0.1) is 10.1 Å². The van der Waals surface area contributed by atoms with E-state index in [0.29, 0.717) is 5.69 Å². The van der Waals surface area contributed by atoms with E-state index in [0.717, 1.165) is 12.3 Å². The molecule has 2 N–H and O–H groups in total. The Morgan fingerprint density at radius 1 is 1.40 bits per heavy atom. The standard InChI is InChI=1S/C12H10N4O4/c17-12(18)8-5-10(16(19)20)11(14-6-8)15-7-9-3-1-2-4-13-9/h1-6H,7H2,(H,14,15)(H,17,18). The van der Waals surface area contributed by atoms with Crippen LogP contribution in [0.4, 0.5) is 11.5 Å². The first-order chi connectivity index (χ1) is 9.58. The minimum atomic E-state index is -1.27. The van der Waals surface area contributed by atoms with Crippen LogP contribution in [0.2, 0.25) is 0 Å². The molecule has 0 spiro atoms. The van der Waals surface area contributed by atoms with Gasteiger partial charge in [-0.3, -0.25) is 15.1 Å². The SMILES string of the molecule is O=C(O)c1cnc(NCc2ccccn2)c([N+](=O)[O-])c1. The lowest BCUT2D eigenvalue weighted by atomic mass is 10.2. The number of nitrogens with one attached hydrogen (secondary N) is 1. The number of carboxylic acid groups (broad SMARTS) is 1. The highest BCUT2D eigenvalue weighted by Crippen LogP contribution is 2.23. The number of rotatable bonds is 5. The molecule has 0 atom stereocenters. The second-order valence-corrected chi connectivity index (χ2v) is 3.83. The first-order valence-electron chi connectivity index (χ1n) is 5.59. The molecule has 0 saturated carbocycles. The van der Waals surface area contributed by atoms with Crippen molar-refractivity contribution < 1.29 is 14.8 Å². The third kappa shape index (κ3) is 3.05. The van der Waals surface area contributed by atoms with Crippen LogP contribution in [0.3, 0.4) is 0 Å². The van der Waals surface area contributed by atoms with Crippen LogP contribution in [-0.2, 0) is 6.54 Å². The maximum Gasteiger partial charge on any atom is 0.337 e. The molecular weight excluding hydrogens is 264 g/mol. The van der Waals surface area contributed by atoms with Crippen LogP contribution in [0.25, 0.3) is 0 Å². The molecule has 2 aromatic rings. The van der Waals surface area contributed by atoms with Crippen molar-refractivity contribution in [2.75, 3.05) is 5.32 Å². The Bertz CT molecular complexity index is 645. The van der Waals surface area contributed by atoms with Crippen LogP contribution in [0.15, 0.2) is 36.7 Å². The second-order valence-electron chi connectivity index (χ2n) is 3.83. The highest BCUT2D eigenvalue weighted by atomic mass is 16.6. The predicted octanol–water partition coefficient (Wildman–Crippen LogP) is 1.70. The van der Waals surface area contributed by atoms with Gasteiger partial charge in [0, 0.05) is 18.5 Å². The van der Waals surface area contributed by atoms with E-state index in [1.54, 1.807) is 24.4 Å². The van der Waals surface area contributed by atoms with E-state index in [1.807, 2.05) is 0 Å². The average Bonchev–Trinajstić information content (AvgIpc) is 2.45. The molecule has 0 aliphatic rings. The molecule has 0 aliphatic heterocycles. The van der Waals surface area contributed by atoms with Gasteiger partial charge in [-0.1, -0.05) is 6.07 Å². The second kappa shape index (κ2) is 5.74. The Hall–Kier alpha value is -3.03. The molecule has 2 rings (SSSR count). The van der Waals surface area contributed by atoms with E-state index in [2.05, 4.69) is 15.3 Å². The summed E-state index contributed by atoms with van der Waals surface area (Å²) in [6.45, 7) is 0.251. The third-order valence-corrected chi connectivity index (χ3v) is 2.47. The molecule has 2 heterocycles. The van der Waals surface area contributed by atoms with Crippen LogP contribution in [-0.4, -0.2) is 26.0 Å². The lowest BCUT2D eigenvalue weighted by Gasteiger charge is -2.06. The van der Waals surface area contributed by atoms with Crippen LogP contribution in [0.5, 0.6) is 0 Å². The molecule has 0 amide bonds. The Kier molecular flexibility index (Phi) is 3.85. The van der Waals surface area contributed by atoms with E-state index in [1.165, 1.54) is 0 Å². The highest BCUT2D eigenvalue weighted by molar-refractivity contribution is 5.88. The first-order valence-corrected chi connectivity index (χ1v) is 5.59. The molecule has 0 radical (unpaired) electrons. The molecule has 0 bridgehead atoms. The molecule has 0 aliphatic carbocycles. The van der Waals surface area contributed by atoms with Gasteiger partial charge in [-0.05, 0) is 12.1 Å².